The lowest BCUT2D eigenvalue weighted by molar-refractivity contribution is 0.881. The first-order chi connectivity index (χ1) is 10.9. The van der Waals surface area contributed by atoms with E-state index in [9.17, 15) is 0 Å². The highest BCUT2D eigenvalue weighted by Crippen LogP contribution is 2.20. The molecule has 1 N–H and O–H groups in total. The van der Waals surface area contributed by atoms with Gasteiger partial charge in [-0.15, -0.1) is 0 Å². The monoisotopic (exact) mass is 288 g/mol. The predicted molar refractivity (Wildman–Crippen MR) is 84.2 cm³/mol. The number of anilines is 2. The smallest absolute Gasteiger partial charge is 0.178 e. The van der Waals surface area contributed by atoms with Crippen LogP contribution in [-0.2, 0) is 0 Å². The Labute approximate surface area is 126 Å². The number of nitrogens with one attached hydrogen (secondary N) is 1. The van der Waals surface area contributed by atoms with Gasteiger partial charge in [0.15, 0.2) is 5.65 Å². The van der Waals surface area contributed by atoms with Crippen LogP contribution in [0.3, 0.4) is 0 Å². The van der Waals surface area contributed by atoms with E-state index in [-0.39, 0.29) is 0 Å². The second kappa shape index (κ2) is 5.25. The Bertz CT molecular complexity index is 917. The van der Waals surface area contributed by atoms with Crippen molar-refractivity contribution in [1.29, 1.82) is 0 Å². The molecule has 3 aromatic heterocycles. The molecule has 3 heterocycles. The molecule has 4 rings (SSSR count). The Morgan fingerprint density at radius 2 is 1.82 bits per heavy atom. The summed E-state index contributed by atoms with van der Waals surface area (Å²) in [7, 11) is 0. The fourth-order valence-electron chi connectivity index (χ4n) is 2.24. The first kappa shape index (κ1) is 12.5. The van der Waals surface area contributed by atoms with Crippen LogP contribution < -0.4 is 5.32 Å². The van der Waals surface area contributed by atoms with E-state index in [1.807, 2.05) is 47.3 Å². The maximum absolute atomic E-state index is 4.30. The van der Waals surface area contributed by atoms with Gasteiger partial charge in [-0.25, -0.2) is 14.6 Å². The molecule has 0 fully saturated rings. The highest BCUT2D eigenvalue weighted by molar-refractivity contribution is 5.75. The number of benzene rings is 1. The van der Waals surface area contributed by atoms with Gasteiger partial charge in [-0.1, -0.05) is 6.07 Å². The van der Waals surface area contributed by atoms with Crippen molar-refractivity contribution in [3.05, 3.63) is 67.4 Å². The summed E-state index contributed by atoms with van der Waals surface area (Å²) in [5.74, 6) is 0. The summed E-state index contributed by atoms with van der Waals surface area (Å²) >= 11 is 0. The molecule has 0 radical (unpaired) electrons. The molecule has 106 valence electrons. The van der Waals surface area contributed by atoms with E-state index in [1.54, 1.807) is 24.8 Å². The number of aromatic nitrogens is 5. The molecule has 0 bridgehead atoms. The molecule has 0 amide bonds. The van der Waals surface area contributed by atoms with Crippen LogP contribution in [0.2, 0.25) is 0 Å². The molecule has 0 spiro atoms. The Morgan fingerprint density at radius 1 is 0.864 bits per heavy atom. The average molecular weight is 288 g/mol. The fraction of sp³-hybridized carbons (Fsp3) is 0. The highest BCUT2D eigenvalue weighted by atomic mass is 15.3. The number of hydrogen-bond donors (Lipinski definition) is 1. The summed E-state index contributed by atoms with van der Waals surface area (Å²) in [6.45, 7) is 0. The maximum Gasteiger partial charge on any atom is 0.178 e. The number of nitrogens with zero attached hydrogens (tertiary/aromatic N) is 5. The molecule has 0 unspecified atom stereocenters. The van der Waals surface area contributed by atoms with Crippen LogP contribution in [0.1, 0.15) is 0 Å². The molecule has 0 aliphatic rings. The number of pyridine rings is 1. The first-order valence-electron chi connectivity index (χ1n) is 6.82. The largest absolute Gasteiger partial charge is 0.354 e. The standard InChI is InChI=1S/C16H12N6/c1-3-12(9-14(4-1)22-8-2-5-20-22)21-13-10-15-16(19-11-13)18-7-6-17-15/h1-11,21H. The Balaban J connectivity index is 1.66. The molecule has 6 heteroatoms. The van der Waals surface area contributed by atoms with E-state index in [4.69, 9.17) is 0 Å². The molecular weight excluding hydrogens is 276 g/mol. The van der Waals surface area contributed by atoms with Gasteiger partial charge in [-0.2, -0.15) is 5.10 Å². The summed E-state index contributed by atoms with van der Waals surface area (Å²) in [5.41, 5.74) is 4.21. The lowest BCUT2D eigenvalue weighted by Crippen LogP contribution is -1.97. The van der Waals surface area contributed by atoms with Crippen LogP contribution in [0.15, 0.2) is 67.4 Å². The fourth-order valence-corrected chi connectivity index (χ4v) is 2.24. The van der Waals surface area contributed by atoms with Crippen molar-refractivity contribution in [2.24, 2.45) is 0 Å². The molecule has 6 nitrogen and oxygen atoms in total. The first-order valence-corrected chi connectivity index (χ1v) is 6.82. The Kier molecular flexibility index (Phi) is 2.97. The van der Waals surface area contributed by atoms with Crippen LogP contribution >= 0.6 is 0 Å². The van der Waals surface area contributed by atoms with Gasteiger partial charge in [0.2, 0.25) is 0 Å². The van der Waals surface area contributed by atoms with E-state index in [2.05, 4.69) is 25.4 Å². The van der Waals surface area contributed by atoms with E-state index < -0.39 is 0 Å². The van der Waals surface area contributed by atoms with E-state index in [1.165, 1.54) is 0 Å². The van der Waals surface area contributed by atoms with Gasteiger partial charge in [0.05, 0.1) is 17.6 Å². The molecule has 4 aromatic rings. The van der Waals surface area contributed by atoms with Crippen molar-refractivity contribution in [2.45, 2.75) is 0 Å². The van der Waals surface area contributed by atoms with Crippen molar-refractivity contribution in [3.8, 4) is 5.69 Å². The summed E-state index contributed by atoms with van der Waals surface area (Å²) in [5, 5.41) is 7.56. The Hall–Kier alpha value is -3.28. The topological polar surface area (TPSA) is 68.5 Å². The van der Waals surface area contributed by atoms with Crippen LogP contribution in [0.5, 0.6) is 0 Å². The minimum absolute atomic E-state index is 0.637. The van der Waals surface area contributed by atoms with Crippen LogP contribution in [0, 0.1) is 0 Å². The summed E-state index contributed by atoms with van der Waals surface area (Å²) in [6.07, 6.45) is 8.71. The van der Waals surface area contributed by atoms with Crippen LogP contribution in [0.25, 0.3) is 16.9 Å². The zero-order chi connectivity index (χ0) is 14.8. The third-order valence-electron chi connectivity index (χ3n) is 3.23. The lowest BCUT2D eigenvalue weighted by Gasteiger charge is -2.08. The number of rotatable bonds is 3. The second-order valence-electron chi connectivity index (χ2n) is 4.75. The summed E-state index contributed by atoms with van der Waals surface area (Å²) in [6, 6.07) is 11.8. The van der Waals surface area contributed by atoms with Crippen molar-refractivity contribution in [3.63, 3.8) is 0 Å². The molecular formula is C16H12N6. The second-order valence-corrected chi connectivity index (χ2v) is 4.75. The van der Waals surface area contributed by atoms with Crippen molar-refractivity contribution >= 4 is 22.5 Å². The molecule has 0 atom stereocenters. The van der Waals surface area contributed by atoms with Gasteiger partial charge in [-0.3, -0.25) is 4.98 Å². The quantitative estimate of drug-likeness (QED) is 0.627. The van der Waals surface area contributed by atoms with Gasteiger partial charge >= 0.3 is 0 Å². The molecule has 22 heavy (non-hydrogen) atoms. The van der Waals surface area contributed by atoms with E-state index >= 15 is 0 Å². The molecule has 0 aliphatic heterocycles. The SMILES string of the molecule is c1cc(Nc2cnc3nccnc3c2)cc(-n2cccn2)c1. The molecule has 1 aromatic carbocycles. The van der Waals surface area contributed by atoms with E-state index in [0.29, 0.717) is 5.65 Å². The zero-order valence-corrected chi connectivity index (χ0v) is 11.6. The lowest BCUT2D eigenvalue weighted by atomic mass is 10.2. The third-order valence-corrected chi connectivity index (χ3v) is 3.23. The van der Waals surface area contributed by atoms with Gasteiger partial charge in [0.25, 0.3) is 0 Å². The van der Waals surface area contributed by atoms with Crippen molar-refractivity contribution < 1.29 is 0 Å². The van der Waals surface area contributed by atoms with Crippen molar-refractivity contribution in [1.82, 2.24) is 24.7 Å². The minimum Gasteiger partial charge on any atom is -0.354 e. The van der Waals surface area contributed by atoms with Crippen LogP contribution in [0.4, 0.5) is 11.4 Å². The predicted octanol–water partition coefficient (Wildman–Crippen LogP) is 2.95. The maximum atomic E-state index is 4.30. The Morgan fingerprint density at radius 3 is 2.73 bits per heavy atom. The van der Waals surface area contributed by atoms with Gasteiger partial charge in [0.1, 0.15) is 5.52 Å². The normalized spacial score (nSPS) is 10.7. The summed E-state index contributed by atoms with van der Waals surface area (Å²) in [4.78, 5) is 12.7. The molecule has 0 saturated carbocycles. The minimum atomic E-state index is 0.637. The summed E-state index contributed by atoms with van der Waals surface area (Å²) < 4.78 is 1.81. The third kappa shape index (κ3) is 2.37. The zero-order valence-electron chi connectivity index (χ0n) is 11.6. The molecule has 0 aliphatic carbocycles. The number of hydrogen-bond acceptors (Lipinski definition) is 5. The van der Waals surface area contributed by atoms with Crippen molar-refractivity contribution in [2.75, 3.05) is 5.32 Å². The van der Waals surface area contributed by atoms with Gasteiger partial charge < -0.3 is 5.32 Å². The number of fused-ring (bicyclic) bond motifs is 1. The highest BCUT2D eigenvalue weighted by Gasteiger charge is 2.02. The average Bonchev–Trinajstić information content (AvgIpc) is 3.10. The molecule has 0 saturated heterocycles. The van der Waals surface area contributed by atoms with Gasteiger partial charge in [0, 0.05) is 30.5 Å². The van der Waals surface area contributed by atoms with Crippen LogP contribution in [-0.4, -0.2) is 24.7 Å². The van der Waals surface area contributed by atoms with Gasteiger partial charge in [-0.05, 0) is 30.3 Å². The van der Waals surface area contributed by atoms with E-state index in [0.717, 1.165) is 22.6 Å².